The first-order chi connectivity index (χ1) is 29.8. The summed E-state index contributed by atoms with van der Waals surface area (Å²) in [6.45, 7) is 16.2. The minimum Gasteiger partial charge on any atom is -0.456 e. The second-order valence-corrected chi connectivity index (χ2v) is 19.8. The minimum atomic E-state index is -1.97. The number of rotatable bonds is 12. The van der Waals surface area contributed by atoms with E-state index in [1.807, 2.05) is 20.8 Å². The number of ether oxygens (including phenoxy) is 7. The van der Waals surface area contributed by atoms with Gasteiger partial charge < -0.3 is 48.7 Å². The Bertz CT molecular complexity index is 2010. The Kier molecular flexibility index (Phi) is 13.8. The highest BCUT2D eigenvalue weighted by Gasteiger charge is 2.73. The Balaban J connectivity index is 1.37. The number of aromatic nitrogens is 1. The number of amides is 1. The van der Waals surface area contributed by atoms with E-state index >= 15 is 0 Å². The van der Waals surface area contributed by atoms with Crippen molar-refractivity contribution in [3.63, 3.8) is 0 Å². The molecule has 1 aromatic heterocycles. The molecule has 1 aromatic carbocycles. The molecule has 3 saturated heterocycles. The van der Waals surface area contributed by atoms with Crippen LogP contribution in [0.15, 0.2) is 53.1 Å². The first-order valence-electron chi connectivity index (χ1n) is 22.1. The van der Waals surface area contributed by atoms with Crippen molar-refractivity contribution >= 4 is 35.3 Å². The Morgan fingerprint density at radius 1 is 1.10 bits per heavy atom. The summed E-state index contributed by atoms with van der Waals surface area (Å²) in [5.74, 6) is -3.31. The molecule has 3 aliphatic heterocycles. The van der Waals surface area contributed by atoms with Crippen molar-refractivity contribution in [3.8, 4) is 0 Å². The van der Waals surface area contributed by atoms with Crippen molar-refractivity contribution in [1.29, 1.82) is 0 Å². The number of likely N-dealkylation sites (tertiary alicyclic amines) is 1. The molecule has 0 radical (unpaired) electrons. The molecule has 17 heteroatoms. The molecule has 4 fully saturated rings. The summed E-state index contributed by atoms with van der Waals surface area (Å²) in [6, 6.07) is 7.07. The molecule has 1 saturated carbocycles. The van der Waals surface area contributed by atoms with E-state index in [0.29, 0.717) is 31.4 Å². The van der Waals surface area contributed by atoms with Crippen LogP contribution < -0.4 is 5.32 Å². The second-order valence-electron chi connectivity index (χ2n) is 18.8. The molecule has 5 aliphatic rings. The van der Waals surface area contributed by atoms with Gasteiger partial charge in [-0.3, -0.25) is 9.69 Å². The van der Waals surface area contributed by atoms with Crippen LogP contribution in [0.3, 0.4) is 0 Å². The second kappa shape index (κ2) is 18.5. The molecule has 2 aliphatic carbocycles. The van der Waals surface area contributed by atoms with Crippen molar-refractivity contribution < 1.29 is 62.5 Å². The molecule has 0 spiro atoms. The van der Waals surface area contributed by atoms with Gasteiger partial charge in [-0.1, -0.05) is 39.0 Å². The first kappa shape index (κ1) is 47.0. The number of hydrogen-bond acceptors (Lipinski definition) is 16. The quantitative estimate of drug-likeness (QED) is 0.139. The maximum absolute atomic E-state index is 14.4. The van der Waals surface area contributed by atoms with E-state index in [1.165, 1.54) is 13.1 Å². The molecule has 346 valence electrons. The third-order valence-electron chi connectivity index (χ3n) is 13.6. The standard InChI is InChI=1S/C46H63N3O13S/c1-9-29-26(3)30(57-41(53)34(51)33(39-47-19-22-63-39)48-42(54)62-43(5,6)7)23-45(55,10-2)38(60-40(52)28-15-12-11-13-16-28)36-44(8,18-17-31-46(36,25-56-31)61-27(4)50)37-35(29)58-32(59-37)24-49-20-14-21-49/h11-13,15-16,19,22,30-38,51,55H,9-10,14,17-18,20-21,23-25H2,1-8H3,(H,48,54)/b29-26+/t30-,31+,32+,33+,34+,35+,36-,37+,38-,44+,45+,46-/m0/s1. The Labute approximate surface area is 372 Å². The predicted molar refractivity (Wildman–Crippen MR) is 228 cm³/mol. The van der Waals surface area contributed by atoms with Crippen LogP contribution in [-0.4, -0.2) is 130 Å². The molecule has 0 unspecified atom stereocenters. The number of esters is 3. The summed E-state index contributed by atoms with van der Waals surface area (Å²) >= 11 is 1.12. The van der Waals surface area contributed by atoms with E-state index in [-0.39, 0.29) is 30.0 Å². The fourth-order valence-electron chi connectivity index (χ4n) is 10.3. The maximum Gasteiger partial charge on any atom is 0.408 e. The van der Waals surface area contributed by atoms with Crippen LogP contribution in [0.25, 0.3) is 0 Å². The van der Waals surface area contributed by atoms with Crippen LogP contribution in [0, 0.1) is 11.3 Å². The van der Waals surface area contributed by atoms with Crippen molar-refractivity contribution in [2.24, 2.45) is 11.3 Å². The van der Waals surface area contributed by atoms with E-state index in [1.54, 1.807) is 63.4 Å². The number of nitrogens with zero attached hydrogens (tertiary/aromatic N) is 2. The monoisotopic (exact) mass is 897 g/mol. The van der Waals surface area contributed by atoms with Crippen LogP contribution in [-0.2, 0) is 42.7 Å². The number of aliphatic hydroxyl groups excluding tert-OH is 1. The molecule has 16 nitrogen and oxygen atoms in total. The highest BCUT2D eigenvalue weighted by Crippen LogP contribution is 2.62. The number of aliphatic hydroxyl groups is 2. The van der Waals surface area contributed by atoms with E-state index in [9.17, 15) is 29.4 Å². The Hall–Kier alpha value is -3.97. The molecule has 12 atom stereocenters. The lowest BCUT2D eigenvalue weighted by molar-refractivity contribution is -0.338. The van der Waals surface area contributed by atoms with Gasteiger partial charge >= 0.3 is 24.0 Å². The van der Waals surface area contributed by atoms with Crippen molar-refractivity contribution in [1.82, 2.24) is 15.2 Å². The van der Waals surface area contributed by atoms with Gasteiger partial charge in [-0.2, -0.15) is 0 Å². The lowest BCUT2D eigenvalue weighted by atomic mass is 9.50. The van der Waals surface area contributed by atoms with Gasteiger partial charge in [0.1, 0.15) is 46.7 Å². The van der Waals surface area contributed by atoms with Gasteiger partial charge in [0.25, 0.3) is 0 Å². The fourth-order valence-corrected chi connectivity index (χ4v) is 11.0. The summed E-state index contributed by atoms with van der Waals surface area (Å²) < 4.78 is 44.9. The molecule has 3 N–H and O–H groups in total. The number of benzene rings is 1. The minimum absolute atomic E-state index is 0.00961. The zero-order valence-electron chi connectivity index (χ0n) is 37.5. The van der Waals surface area contributed by atoms with Crippen LogP contribution in [0.5, 0.6) is 0 Å². The van der Waals surface area contributed by atoms with E-state index < -0.39 is 101 Å². The predicted octanol–water partition coefficient (Wildman–Crippen LogP) is 5.41. The number of thiazole rings is 1. The third-order valence-corrected chi connectivity index (χ3v) is 14.5. The number of nitrogens with one attached hydrogen (secondary N) is 1. The zero-order valence-corrected chi connectivity index (χ0v) is 38.3. The zero-order chi connectivity index (χ0) is 45.5. The van der Waals surface area contributed by atoms with E-state index in [2.05, 4.69) is 15.2 Å². The summed E-state index contributed by atoms with van der Waals surface area (Å²) in [4.78, 5) is 61.6. The van der Waals surface area contributed by atoms with Crippen LogP contribution in [0.2, 0.25) is 0 Å². The highest BCUT2D eigenvalue weighted by atomic mass is 32.1. The van der Waals surface area contributed by atoms with Gasteiger partial charge in [0.2, 0.25) is 0 Å². The normalized spacial score (nSPS) is 35.2. The van der Waals surface area contributed by atoms with Gasteiger partial charge in [-0.05, 0) is 96.2 Å². The third kappa shape index (κ3) is 9.42. The average Bonchev–Trinajstić information content (AvgIpc) is 3.90. The summed E-state index contributed by atoms with van der Waals surface area (Å²) in [7, 11) is 0. The summed E-state index contributed by atoms with van der Waals surface area (Å²) in [6.07, 6.45) is -4.53. The highest BCUT2D eigenvalue weighted by molar-refractivity contribution is 7.09. The number of carbonyl (C=O) groups excluding carboxylic acids is 4. The van der Waals surface area contributed by atoms with E-state index in [0.717, 1.165) is 36.4 Å². The largest absolute Gasteiger partial charge is 0.456 e. The SMILES string of the molecule is CC/C1=C(/C)[C@@H](OC(=O)[C@H](O)[C@@H](NC(=O)OC(C)(C)C)c2nccs2)C[C@](O)(CC)[C@@H](OC(=O)c2ccccc2)[C@H]2[C@@](C)(CC[C@H]3OC[C@]32OC(C)=O)[C@@H]2O[C@H](CN3CCC3)O[C@H]12. The molecular weight excluding hydrogens is 835 g/mol. The van der Waals surface area contributed by atoms with Gasteiger partial charge in [0.15, 0.2) is 18.0 Å². The number of hydrogen-bond donors (Lipinski definition) is 3. The molecule has 63 heavy (non-hydrogen) atoms. The van der Waals surface area contributed by atoms with Crippen molar-refractivity contribution in [3.05, 3.63) is 63.6 Å². The molecule has 1 amide bonds. The lowest BCUT2D eigenvalue weighted by Gasteiger charge is -2.64. The fraction of sp³-hybridized carbons (Fsp3) is 0.674. The Morgan fingerprint density at radius 3 is 2.40 bits per heavy atom. The van der Waals surface area contributed by atoms with Gasteiger partial charge in [-0.15, -0.1) is 11.3 Å². The molecule has 0 bridgehead atoms. The smallest absolute Gasteiger partial charge is 0.408 e. The van der Waals surface area contributed by atoms with Crippen LogP contribution in [0.4, 0.5) is 4.79 Å². The van der Waals surface area contributed by atoms with Crippen LogP contribution >= 0.6 is 11.3 Å². The number of carbonyl (C=O) groups is 4. The topological polar surface area (TPSA) is 202 Å². The maximum atomic E-state index is 14.4. The molecular formula is C46H63N3O13S. The number of fused-ring (bicyclic) bond motifs is 5. The first-order valence-corrected chi connectivity index (χ1v) is 23.0. The molecule has 2 aromatic rings. The van der Waals surface area contributed by atoms with E-state index in [4.69, 9.17) is 33.2 Å². The van der Waals surface area contributed by atoms with Gasteiger partial charge in [0.05, 0.1) is 24.2 Å². The number of alkyl carbamates (subject to hydrolysis) is 1. The van der Waals surface area contributed by atoms with Crippen molar-refractivity contribution in [2.45, 2.75) is 160 Å². The van der Waals surface area contributed by atoms with Crippen molar-refractivity contribution in [2.75, 3.05) is 26.2 Å². The van der Waals surface area contributed by atoms with Gasteiger partial charge in [0, 0.05) is 36.9 Å². The molecule has 7 rings (SSSR count). The summed E-state index contributed by atoms with van der Waals surface area (Å²) in [5.41, 5.74) is -3.60. The van der Waals surface area contributed by atoms with Gasteiger partial charge in [-0.25, -0.2) is 19.4 Å². The average molecular weight is 898 g/mol. The lowest BCUT2D eigenvalue weighted by Crippen LogP contribution is -2.77. The Morgan fingerprint density at radius 2 is 1.83 bits per heavy atom. The summed E-state index contributed by atoms with van der Waals surface area (Å²) in [5, 5.41) is 29.7. The van der Waals surface area contributed by atoms with Crippen LogP contribution in [0.1, 0.15) is 115 Å². The molecule has 4 heterocycles.